The minimum atomic E-state index is -0.408. The van der Waals surface area contributed by atoms with Crippen molar-refractivity contribution in [2.75, 3.05) is 5.32 Å². The molecule has 0 aromatic heterocycles. The highest BCUT2D eigenvalue weighted by molar-refractivity contribution is 6.30. The lowest BCUT2D eigenvalue weighted by Gasteiger charge is -2.08. The van der Waals surface area contributed by atoms with Gasteiger partial charge in [0.1, 0.15) is 6.42 Å². The molecule has 1 aromatic carbocycles. The molecule has 15 heavy (non-hydrogen) atoms. The van der Waals surface area contributed by atoms with Gasteiger partial charge in [0.05, 0.1) is 12.7 Å². The van der Waals surface area contributed by atoms with E-state index in [9.17, 15) is 4.79 Å². The van der Waals surface area contributed by atoms with Crippen LogP contribution >= 0.6 is 11.6 Å². The highest BCUT2D eigenvalue weighted by atomic mass is 35.5. The van der Waals surface area contributed by atoms with Crippen LogP contribution < -0.4 is 5.32 Å². The fourth-order valence-corrected chi connectivity index (χ4v) is 1.28. The fraction of sp³-hybridized carbons (Fsp3) is 0.200. The Bertz CT molecular complexity index is 412. The third-order valence-corrected chi connectivity index (χ3v) is 1.99. The fourth-order valence-electron chi connectivity index (χ4n) is 1.08. The molecular weight excluding hydrogens is 216 g/mol. The van der Waals surface area contributed by atoms with Gasteiger partial charge in [0.2, 0.25) is 5.91 Å². The van der Waals surface area contributed by atoms with Crippen LogP contribution in [0.1, 0.15) is 12.0 Å². The van der Waals surface area contributed by atoms with Gasteiger partial charge in [-0.15, -0.1) is 0 Å². The summed E-state index contributed by atoms with van der Waals surface area (Å²) in [6.07, 6.45) is -0.215. The number of carbonyl (C=O) groups is 1. The lowest BCUT2D eigenvalue weighted by Crippen LogP contribution is -2.11. The molecule has 1 rings (SSSR count). The van der Waals surface area contributed by atoms with Crippen LogP contribution in [0.3, 0.4) is 0 Å². The summed E-state index contributed by atoms with van der Waals surface area (Å²) < 4.78 is 0. The number of aliphatic hydroxyl groups is 1. The highest BCUT2D eigenvalue weighted by Crippen LogP contribution is 2.20. The number of hydrogen-bond acceptors (Lipinski definition) is 3. The summed E-state index contributed by atoms with van der Waals surface area (Å²) in [4.78, 5) is 11.1. The number of aliphatic hydroxyl groups excluding tert-OH is 1. The van der Waals surface area contributed by atoms with Crippen molar-refractivity contribution in [2.45, 2.75) is 13.0 Å². The Hall–Kier alpha value is -1.57. The Morgan fingerprint density at radius 1 is 1.60 bits per heavy atom. The van der Waals surface area contributed by atoms with Crippen LogP contribution in [0.2, 0.25) is 5.02 Å². The van der Waals surface area contributed by atoms with Gasteiger partial charge in [0.25, 0.3) is 0 Å². The Balaban J connectivity index is 2.85. The van der Waals surface area contributed by atoms with Gasteiger partial charge in [-0.3, -0.25) is 4.79 Å². The second-order valence-corrected chi connectivity index (χ2v) is 3.28. The first kappa shape index (κ1) is 11.5. The molecule has 0 aliphatic rings. The lowest BCUT2D eigenvalue weighted by molar-refractivity contribution is -0.115. The summed E-state index contributed by atoms with van der Waals surface area (Å²) in [6.45, 7) is -0.220. The molecule has 0 fully saturated rings. The molecule has 0 saturated heterocycles. The molecule has 5 heteroatoms. The van der Waals surface area contributed by atoms with Crippen molar-refractivity contribution >= 4 is 23.2 Å². The first-order valence-electron chi connectivity index (χ1n) is 4.23. The zero-order chi connectivity index (χ0) is 11.3. The number of benzene rings is 1. The molecule has 0 spiro atoms. The summed E-state index contributed by atoms with van der Waals surface area (Å²) in [5, 5.41) is 20.3. The summed E-state index contributed by atoms with van der Waals surface area (Å²) in [5.74, 6) is -0.408. The van der Waals surface area contributed by atoms with Gasteiger partial charge in [0, 0.05) is 16.3 Å². The molecule has 0 heterocycles. The van der Waals surface area contributed by atoms with E-state index in [1.807, 2.05) is 0 Å². The van der Waals surface area contributed by atoms with Crippen LogP contribution in [0, 0.1) is 11.3 Å². The quantitative estimate of drug-likeness (QED) is 0.821. The summed E-state index contributed by atoms with van der Waals surface area (Å²) in [5.41, 5.74) is 0.996. The molecule has 78 valence electrons. The van der Waals surface area contributed by atoms with E-state index >= 15 is 0 Å². The van der Waals surface area contributed by atoms with Gasteiger partial charge in [0.15, 0.2) is 0 Å². The van der Waals surface area contributed by atoms with Crippen molar-refractivity contribution in [3.05, 3.63) is 28.8 Å². The average molecular weight is 225 g/mol. The van der Waals surface area contributed by atoms with Gasteiger partial charge in [-0.2, -0.15) is 5.26 Å². The van der Waals surface area contributed by atoms with E-state index in [1.54, 1.807) is 24.3 Å². The van der Waals surface area contributed by atoms with Crippen molar-refractivity contribution in [3.8, 4) is 6.07 Å². The minimum Gasteiger partial charge on any atom is -0.392 e. The van der Waals surface area contributed by atoms with Gasteiger partial charge in [-0.25, -0.2) is 0 Å². The molecule has 0 bridgehead atoms. The van der Waals surface area contributed by atoms with Crippen LogP contribution in [-0.2, 0) is 11.4 Å². The highest BCUT2D eigenvalue weighted by Gasteiger charge is 2.06. The van der Waals surface area contributed by atoms with Crippen molar-refractivity contribution < 1.29 is 9.90 Å². The maximum Gasteiger partial charge on any atom is 0.238 e. The number of carbonyl (C=O) groups excluding carboxylic acids is 1. The summed E-state index contributed by atoms with van der Waals surface area (Å²) in [6, 6.07) is 6.48. The SMILES string of the molecule is N#CCC(=O)Nc1ccc(Cl)cc1CO. The predicted molar refractivity (Wildman–Crippen MR) is 56.2 cm³/mol. The van der Waals surface area contributed by atoms with E-state index in [4.69, 9.17) is 22.0 Å². The molecular formula is C10H9ClN2O2. The van der Waals surface area contributed by atoms with Gasteiger partial charge < -0.3 is 10.4 Å². The number of nitrogens with zero attached hydrogens (tertiary/aromatic N) is 1. The van der Waals surface area contributed by atoms with Crippen LogP contribution in [0.5, 0.6) is 0 Å². The normalized spacial score (nSPS) is 9.40. The smallest absolute Gasteiger partial charge is 0.238 e. The average Bonchev–Trinajstić information content (AvgIpc) is 2.21. The van der Waals surface area contributed by atoms with Gasteiger partial charge in [-0.1, -0.05) is 11.6 Å². The third kappa shape index (κ3) is 3.24. The van der Waals surface area contributed by atoms with E-state index in [0.29, 0.717) is 16.3 Å². The molecule has 4 nitrogen and oxygen atoms in total. The van der Waals surface area contributed by atoms with Crippen LogP contribution in [-0.4, -0.2) is 11.0 Å². The standard InChI is InChI=1S/C10H9ClN2O2/c11-8-1-2-9(7(5-8)6-14)13-10(15)3-4-12/h1-2,5,14H,3,6H2,(H,13,15). The maximum absolute atomic E-state index is 11.1. The molecule has 0 radical (unpaired) electrons. The first-order valence-corrected chi connectivity index (χ1v) is 4.61. The number of nitrogens with one attached hydrogen (secondary N) is 1. The van der Waals surface area contributed by atoms with Crippen LogP contribution in [0.4, 0.5) is 5.69 Å². The molecule has 0 unspecified atom stereocenters. The van der Waals surface area contributed by atoms with E-state index < -0.39 is 5.91 Å². The van der Waals surface area contributed by atoms with Gasteiger partial charge >= 0.3 is 0 Å². The Kier molecular flexibility index (Phi) is 4.10. The van der Waals surface area contributed by atoms with E-state index in [1.165, 1.54) is 0 Å². The second kappa shape index (κ2) is 5.35. The zero-order valence-electron chi connectivity index (χ0n) is 7.83. The molecule has 1 aromatic rings. The van der Waals surface area contributed by atoms with Crippen molar-refractivity contribution in [1.82, 2.24) is 0 Å². The molecule has 0 aliphatic heterocycles. The van der Waals surface area contributed by atoms with E-state index in [0.717, 1.165) is 0 Å². The second-order valence-electron chi connectivity index (χ2n) is 2.84. The molecule has 0 saturated carbocycles. The van der Waals surface area contributed by atoms with E-state index in [2.05, 4.69) is 5.32 Å². The molecule has 2 N–H and O–H groups in total. The number of anilines is 1. The monoisotopic (exact) mass is 224 g/mol. The maximum atomic E-state index is 11.1. The summed E-state index contributed by atoms with van der Waals surface area (Å²) in [7, 11) is 0. The van der Waals surface area contributed by atoms with Crippen molar-refractivity contribution in [1.29, 1.82) is 5.26 Å². The number of rotatable bonds is 3. The minimum absolute atomic E-state index is 0.215. The lowest BCUT2D eigenvalue weighted by atomic mass is 10.2. The largest absolute Gasteiger partial charge is 0.392 e. The zero-order valence-corrected chi connectivity index (χ0v) is 8.58. The van der Waals surface area contributed by atoms with Crippen molar-refractivity contribution in [3.63, 3.8) is 0 Å². The molecule has 0 atom stereocenters. The first-order chi connectivity index (χ1) is 7.17. The number of halogens is 1. The van der Waals surface area contributed by atoms with E-state index in [-0.39, 0.29) is 13.0 Å². The topological polar surface area (TPSA) is 73.1 Å². The number of nitriles is 1. The Labute approximate surface area is 92.1 Å². The van der Waals surface area contributed by atoms with Gasteiger partial charge in [-0.05, 0) is 18.2 Å². The van der Waals surface area contributed by atoms with Crippen LogP contribution in [0.15, 0.2) is 18.2 Å². The molecule has 1 amide bonds. The van der Waals surface area contributed by atoms with Crippen LogP contribution in [0.25, 0.3) is 0 Å². The number of amides is 1. The number of hydrogen-bond donors (Lipinski definition) is 2. The Morgan fingerprint density at radius 2 is 2.33 bits per heavy atom. The summed E-state index contributed by atoms with van der Waals surface area (Å²) >= 11 is 5.72. The third-order valence-electron chi connectivity index (χ3n) is 1.75. The van der Waals surface area contributed by atoms with Crippen molar-refractivity contribution in [2.24, 2.45) is 0 Å². The Morgan fingerprint density at radius 3 is 2.93 bits per heavy atom. The molecule has 0 aliphatic carbocycles. The predicted octanol–water partition coefficient (Wildman–Crippen LogP) is 1.68.